The SMILES string of the molecule is C/C=C(/F)c1sc(N)c(C#N)c1/C(=C(\C)CC)c1c2c(c3cnc(N4CCC(CO)(N(CC)CC)C4)nc3c1P)COC2. The second-order valence-corrected chi connectivity index (χ2v) is 12.8. The fraction of sp³-hybridized carbons (Fsp3) is 0.469. The normalized spacial score (nSPS) is 19.3. The highest BCUT2D eigenvalue weighted by molar-refractivity contribution is 7.28. The van der Waals surface area contributed by atoms with Crippen molar-refractivity contribution in [2.45, 2.75) is 66.2 Å². The van der Waals surface area contributed by atoms with Crippen LogP contribution in [0.15, 0.2) is 17.8 Å². The summed E-state index contributed by atoms with van der Waals surface area (Å²) in [5, 5.41) is 22.7. The number of aromatic nitrogens is 2. The Morgan fingerprint density at radius 1 is 1.30 bits per heavy atom. The smallest absolute Gasteiger partial charge is 0.225 e. The van der Waals surface area contributed by atoms with E-state index in [2.05, 4.69) is 45.9 Å². The van der Waals surface area contributed by atoms with Crippen molar-refractivity contribution in [3.05, 3.63) is 50.5 Å². The Labute approximate surface area is 259 Å². The van der Waals surface area contributed by atoms with Crippen LogP contribution in [0.5, 0.6) is 0 Å². The number of hydrogen-bond donors (Lipinski definition) is 2. The maximum Gasteiger partial charge on any atom is 0.225 e. The van der Waals surface area contributed by atoms with E-state index < -0.39 is 5.83 Å². The van der Waals surface area contributed by atoms with Crippen molar-refractivity contribution < 1.29 is 14.2 Å². The number of likely N-dealkylation sites (N-methyl/N-ethyl adjacent to an activating group) is 1. The van der Waals surface area contributed by atoms with Gasteiger partial charge in [0.15, 0.2) is 0 Å². The van der Waals surface area contributed by atoms with Gasteiger partial charge in [-0.3, -0.25) is 4.90 Å². The lowest BCUT2D eigenvalue weighted by atomic mass is 9.85. The number of nitrogen functional groups attached to an aromatic ring is 1. The predicted octanol–water partition coefficient (Wildman–Crippen LogP) is 5.52. The van der Waals surface area contributed by atoms with Crippen LogP contribution in [0.3, 0.4) is 0 Å². The maximum absolute atomic E-state index is 15.4. The molecule has 0 amide bonds. The van der Waals surface area contributed by atoms with E-state index in [1.807, 2.05) is 13.1 Å². The molecule has 228 valence electrons. The van der Waals surface area contributed by atoms with Crippen LogP contribution >= 0.6 is 20.6 Å². The molecule has 43 heavy (non-hydrogen) atoms. The third-order valence-electron chi connectivity index (χ3n) is 9.10. The van der Waals surface area contributed by atoms with Gasteiger partial charge in [0.1, 0.15) is 16.9 Å². The van der Waals surface area contributed by atoms with E-state index in [1.54, 1.807) is 6.92 Å². The Balaban J connectivity index is 1.75. The molecular weight excluding hydrogens is 582 g/mol. The Morgan fingerprint density at radius 3 is 2.65 bits per heavy atom. The summed E-state index contributed by atoms with van der Waals surface area (Å²) < 4.78 is 21.4. The minimum absolute atomic E-state index is 0.0726. The van der Waals surface area contributed by atoms with E-state index in [-0.39, 0.29) is 17.7 Å². The highest BCUT2D eigenvalue weighted by Crippen LogP contribution is 2.46. The average molecular weight is 623 g/mol. The highest BCUT2D eigenvalue weighted by atomic mass is 32.1. The standard InChI is InChI=1S/C32H40FN6O2PS/c1-6-18(5)24(26-19(12-34)30(35)43-29(26)23(33)7-2)25-22-15-41-14-21(22)20-13-36-31(37-27(20)28(25)42)38-11-10-32(16-38,17-40)39(8-3)9-4/h7,13,40H,6,8-11,14-17,35,42H2,1-5H3/b23-7+,24-18+. The van der Waals surface area contributed by atoms with Crippen molar-refractivity contribution in [3.63, 3.8) is 0 Å². The molecule has 0 saturated carbocycles. The molecule has 0 radical (unpaired) electrons. The van der Waals surface area contributed by atoms with Crippen molar-refractivity contribution in [1.29, 1.82) is 5.26 Å². The van der Waals surface area contributed by atoms with Crippen LogP contribution in [0.1, 0.15) is 80.2 Å². The molecule has 3 aromatic rings. The largest absolute Gasteiger partial charge is 0.394 e. The zero-order valence-corrected chi connectivity index (χ0v) is 27.5. The number of ether oxygens (including phenoxy) is 1. The molecule has 4 heterocycles. The van der Waals surface area contributed by atoms with Gasteiger partial charge in [-0.1, -0.05) is 32.4 Å². The van der Waals surface area contributed by atoms with Crippen molar-refractivity contribution in [1.82, 2.24) is 14.9 Å². The zero-order valence-electron chi connectivity index (χ0n) is 25.6. The number of nitrogens with two attached hydrogens (primary N) is 1. The molecule has 1 fully saturated rings. The molecule has 2 aromatic heterocycles. The number of allylic oxidation sites excluding steroid dienone is 2. The number of halogens is 1. The number of thiophene rings is 1. The van der Waals surface area contributed by atoms with E-state index >= 15 is 4.39 Å². The summed E-state index contributed by atoms with van der Waals surface area (Å²) in [6.07, 6.45) is 4.80. The van der Waals surface area contributed by atoms with Crippen LogP contribution in [-0.2, 0) is 18.0 Å². The number of rotatable bonds is 9. The van der Waals surface area contributed by atoms with Crippen LogP contribution in [0.4, 0.5) is 15.3 Å². The fourth-order valence-corrected chi connectivity index (χ4v) is 8.18. The third kappa shape index (κ3) is 5.15. The van der Waals surface area contributed by atoms with Gasteiger partial charge in [-0.05, 0) is 62.0 Å². The van der Waals surface area contributed by atoms with Crippen LogP contribution in [-0.4, -0.2) is 58.3 Å². The first-order chi connectivity index (χ1) is 20.7. The third-order valence-corrected chi connectivity index (χ3v) is 10.7. The van der Waals surface area contributed by atoms with E-state index in [4.69, 9.17) is 20.4 Å². The minimum atomic E-state index is -0.409. The lowest BCUT2D eigenvalue weighted by molar-refractivity contribution is 0.0533. The predicted molar refractivity (Wildman–Crippen MR) is 177 cm³/mol. The number of nitrogens with zero attached hydrogens (tertiary/aromatic N) is 5. The maximum atomic E-state index is 15.4. The van der Waals surface area contributed by atoms with Gasteiger partial charge in [0.05, 0.1) is 41.3 Å². The van der Waals surface area contributed by atoms with Crippen molar-refractivity contribution >= 4 is 59.1 Å². The summed E-state index contributed by atoms with van der Waals surface area (Å²) in [4.78, 5) is 14.8. The molecule has 1 aromatic carbocycles. The lowest BCUT2D eigenvalue weighted by Gasteiger charge is -2.38. The summed E-state index contributed by atoms with van der Waals surface area (Å²) in [6.45, 7) is 13.9. The average Bonchev–Trinajstić information content (AvgIpc) is 3.76. The molecule has 0 aliphatic carbocycles. The number of fused-ring (bicyclic) bond motifs is 3. The zero-order chi connectivity index (χ0) is 31.1. The summed E-state index contributed by atoms with van der Waals surface area (Å²) >= 11 is 1.10. The molecule has 1 saturated heterocycles. The van der Waals surface area contributed by atoms with Crippen molar-refractivity contribution in [2.75, 3.05) is 43.4 Å². The number of anilines is 2. The molecule has 2 aliphatic rings. The van der Waals surface area contributed by atoms with Crippen molar-refractivity contribution in [3.8, 4) is 6.07 Å². The van der Waals surface area contributed by atoms with Gasteiger partial charge in [0.2, 0.25) is 5.95 Å². The van der Waals surface area contributed by atoms with Gasteiger partial charge in [0.25, 0.3) is 0 Å². The van der Waals surface area contributed by atoms with Crippen LogP contribution in [0, 0.1) is 11.3 Å². The monoisotopic (exact) mass is 622 g/mol. The molecule has 0 spiro atoms. The van der Waals surface area contributed by atoms with Crippen molar-refractivity contribution in [2.24, 2.45) is 0 Å². The van der Waals surface area contributed by atoms with Gasteiger partial charge in [-0.2, -0.15) is 5.26 Å². The van der Waals surface area contributed by atoms with Gasteiger partial charge in [-0.25, -0.2) is 14.4 Å². The molecule has 8 nitrogen and oxygen atoms in total. The van der Waals surface area contributed by atoms with Crippen LogP contribution < -0.4 is 15.9 Å². The Kier molecular flexibility index (Phi) is 9.22. The summed E-state index contributed by atoms with van der Waals surface area (Å²) in [7, 11) is 2.88. The molecule has 5 rings (SSSR count). The number of nitriles is 1. The molecule has 2 aliphatic heterocycles. The molecule has 2 unspecified atom stereocenters. The molecule has 3 N–H and O–H groups in total. The molecule has 0 bridgehead atoms. The number of aliphatic hydroxyl groups excluding tert-OH is 1. The Morgan fingerprint density at radius 2 is 2.02 bits per heavy atom. The van der Waals surface area contributed by atoms with Crippen LogP contribution in [0.2, 0.25) is 0 Å². The summed E-state index contributed by atoms with van der Waals surface area (Å²) in [6, 6.07) is 2.26. The highest BCUT2D eigenvalue weighted by Gasteiger charge is 2.42. The first-order valence-electron chi connectivity index (χ1n) is 14.8. The van der Waals surface area contributed by atoms with Gasteiger partial charge in [0, 0.05) is 35.5 Å². The topological polar surface area (TPSA) is 112 Å². The quantitative estimate of drug-likeness (QED) is 0.300. The van der Waals surface area contributed by atoms with Gasteiger partial charge in [-0.15, -0.1) is 20.6 Å². The fourth-order valence-electron chi connectivity index (χ4n) is 6.65. The minimum Gasteiger partial charge on any atom is -0.394 e. The summed E-state index contributed by atoms with van der Waals surface area (Å²) in [5.74, 6) is 0.201. The Hall–Kier alpha value is -2.93. The molecular formula is C32H40FN6O2PS. The van der Waals surface area contributed by atoms with Gasteiger partial charge >= 0.3 is 0 Å². The second kappa shape index (κ2) is 12.6. The first kappa shape index (κ1) is 31.5. The summed E-state index contributed by atoms with van der Waals surface area (Å²) in [5.41, 5.74) is 12.3. The number of hydrogen-bond acceptors (Lipinski definition) is 9. The van der Waals surface area contributed by atoms with E-state index in [9.17, 15) is 10.4 Å². The van der Waals surface area contributed by atoms with E-state index in [1.165, 1.54) is 6.08 Å². The number of benzene rings is 1. The van der Waals surface area contributed by atoms with Crippen LogP contribution in [0.25, 0.3) is 22.3 Å². The Bertz CT molecular complexity index is 1670. The second-order valence-electron chi connectivity index (χ2n) is 11.2. The number of aliphatic hydroxyl groups is 1. The van der Waals surface area contributed by atoms with E-state index in [0.717, 1.165) is 81.4 Å². The molecule has 11 heteroatoms. The lowest BCUT2D eigenvalue weighted by Crippen LogP contribution is -2.53. The first-order valence-corrected chi connectivity index (χ1v) is 16.2. The van der Waals surface area contributed by atoms with E-state index in [0.29, 0.717) is 47.6 Å². The van der Waals surface area contributed by atoms with Gasteiger partial charge < -0.3 is 20.5 Å². The molecule has 2 atom stereocenters.